The van der Waals surface area contributed by atoms with E-state index in [9.17, 15) is 4.79 Å². The lowest BCUT2D eigenvalue weighted by molar-refractivity contribution is -0.145. The molecule has 0 bridgehead atoms. The highest BCUT2D eigenvalue weighted by Gasteiger charge is 2.24. The molecule has 1 aliphatic heterocycles. The van der Waals surface area contributed by atoms with Gasteiger partial charge in [0, 0.05) is 0 Å². The van der Waals surface area contributed by atoms with Gasteiger partial charge in [-0.3, -0.25) is 0 Å². The fraction of sp³-hybridized carbons (Fsp3) is 0.167. The third kappa shape index (κ3) is 1.26. The Labute approximate surface area is 62.9 Å². The summed E-state index contributed by atoms with van der Waals surface area (Å²) in [5, 5.41) is 8.50. The number of carboxylic acid groups (broad SMARTS) is 1. The maximum absolute atomic E-state index is 10.4. The van der Waals surface area contributed by atoms with Crippen molar-refractivity contribution in [2.45, 2.75) is 6.10 Å². The molecule has 0 amide bonds. The predicted molar refractivity (Wildman–Crippen MR) is 37.0 cm³/mol. The van der Waals surface area contributed by atoms with Crippen LogP contribution in [0.4, 0.5) is 0 Å². The normalized spacial score (nSPS) is 23.1. The minimum Gasteiger partial charge on any atom is -0.480 e. The van der Waals surface area contributed by atoms with Gasteiger partial charge in [-0.25, -0.2) is 4.79 Å². The van der Waals surface area contributed by atoms with Crippen LogP contribution in [-0.4, -0.2) is 17.2 Å². The second kappa shape index (κ2) is 2.53. The van der Waals surface area contributed by atoms with Gasteiger partial charge in [0.2, 0.25) is 6.10 Å². The Morgan fingerprint density at radius 1 is 1.64 bits per heavy atom. The third-order valence-corrected chi connectivity index (χ3v) is 1.30. The zero-order valence-corrected chi connectivity index (χ0v) is 5.65. The zero-order valence-electron chi connectivity index (χ0n) is 5.65. The fourth-order valence-electron chi connectivity index (χ4n) is 0.703. The first-order valence-corrected chi connectivity index (χ1v) is 2.93. The summed E-state index contributed by atoms with van der Waals surface area (Å²) in [6, 6.07) is 0. The van der Waals surface area contributed by atoms with Gasteiger partial charge in [-0.2, -0.15) is 0 Å². The molecule has 60 valence electrons. The number of hydrogen-bond donors (Lipinski definition) is 3. The Bertz CT molecular complexity index is 244. The van der Waals surface area contributed by atoms with E-state index in [-0.39, 0.29) is 11.4 Å². The molecule has 0 aromatic heterocycles. The topological polar surface area (TPSA) is 98.6 Å². The summed E-state index contributed by atoms with van der Waals surface area (Å²) in [4.78, 5) is 10.4. The highest BCUT2D eigenvalue weighted by Crippen LogP contribution is 2.10. The quantitative estimate of drug-likeness (QED) is 0.457. The molecule has 0 fully saturated rings. The molecular formula is C6H8N2O3. The number of aliphatic carboxylic acids is 1. The largest absolute Gasteiger partial charge is 0.480 e. The van der Waals surface area contributed by atoms with Gasteiger partial charge in [0.15, 0.2) is 0 Å². The Kier molecular flexibility index (Phi) is 1.72. The van der Waals surface area contributed by atoms with Gasteiger partial charge < -0.3 is 21.3 Å². The van der Waals surface area contributed by atoms with Crippen LogP contribution in [0, 0.1) is 0 Å². The van der Waals surface area contributed by atoms with E-state index < -0.39 is 12.1 Å². The van der Waals surface area contributed by atoms with Crippen molar-refractivity contribution >= 4 is 5.97 Å². The highest BCUT2D eigenvalue weighted by molar-refractivity contribution is 5.76. The van der Waals surface area contributed by atoms with E-state index in [0.717, 1.165) is 0 Å². The van der Waals surface area contributed by atoms with Crippen molar-refractivity contribution in [1.29, 1.82) is 0 Å². The maximum Gasteiger partial charge on any atom is 0.351 e. The van der Waals surface area contributed by atoms with Crippen LogP contribution in [0.5, 0.6) is 0 Å². The number of carboxylic acids is 1. The molecule has 0 aromatic rings. The van der Waals surface area contributed by atoms with Crippen molar-refractivity contribution in [1.82, 2.24) is 0 Å². The fourth-order valence-corrected chi connectivity index (χ4v) is 0.703. The summed E-state index contributed by atoms with van der Waals surface area (Å²) in [5.74, 6) is -1.14. The molecule has 1 atom stereocenters. The lowest BCUT2D eigenvalue weighted by atomic mass is 10.2. The Balaban J connectivity index is 2.89. The minimum atomic E-state index is -1.14. The first-order chi connectivity index (χ1) is 5.13. The van der Waals surface area contributed by atoms with Gasteiger partial charge in [-0.15, -0.1) is 0 Å². The zero-order chi connectivity index (χ0) is 8.43. The Morgan fingerprint density at radius 2 is 2.27 bits per heavy atom. The van der Waals surface area contributed by atoms with Gasteiger partial charge in [-0.1, -0.05) is 0 Å². The number of allylic oxidation sites excluding steroid dienone is 1. The van der Waals surface area contributed by atoms with Crippen LogP contribution in [0.25, 0.3) is 0 Å². The average molecular weight is 156 g/mol. The molecule has 1 unspecified atom stereocenters. The molecule has 0 aliphatic carbocycles. The monoisotopic (exact) mass is 156 g/mol. The molecule has 5 N–H and O–H groups in total. The van der Waals surface area contributed by atoms with Crippen LogP contribution >= 0.6 is 0 Å². The average Bonchev–Trinajstić information content (AvgIpc) is 1.94. The standard InChI is InChI=1S/C6H8N2O3/c7-3-1-2-11-5(4(3)8)6(9)10/h1-2,5H,7-8H2,(H,9,10). The van der Waals surface area contributed by atoms with Gasteiger partial charge in [0.05, 0.1) is 17.7 Å². The van der Waals surface area contributed by atoms with E-state index in [4.69, 9.17) is 16.6 Å². The summed E-state index contributed by atoms with van der Waals surface area (Å²) in [6.45, 7) is 0. The molecule has 0 radical (unpaired) electrons. The number of nitrogens with two attached hydrogens (primary N) is 2. The molecule has 5 heteroatoms. The third-order valence-electron chi connectivity index (χ3n) is 1.30. The maximum atomic E-state index is 10.4. The van der Waals surface area contributed by atoms with E-state index in [1.165, 1.54) is 12.3 Å². The molecule has 1 aliphatic rings. The molecule has 0 saturated carbocycles. The van der Waals surface area contributed by atoms with E-state index in [1.54, 1.807) is 0 Å². The molecule has 0 saturated heterocycles. The molecular weight excluding hydrogens is 148 g/mol. The second-order valence-corrected chi connectivity index (χ2v) is 2.07. The van der Waals surface area contributed by atoms with Crippen LogP contribution in [0.1, 0.15) is 0 Å². The molecule has 0 spiro atoms. The van der Waals surface area contributed by atoms with E-state index in [0.29, 0.717) is 0 Å². The Morgan fingerprint density at radius 3 is 2.73 bits per heavy atom. The van der Waals surface area contributed by atoms with E-state index >= 15 is 0 Å². The van der Waals surface area contributed by atoms with Crippen molar-refractivity contribution < 1.29 is 14.6 Å². The second-order valence-electron chi connectivity index (χ2n) is 2.07. The van der Waals surface area contributed by atoms with Crippen molar-refractivity contribution in [3.8, 4) is 0 Å². The Hall–Kier alpha value is -1.65. The number of rotatable bonds is 1. The first kappa shape index (κ1) is 7.46. The van der Waals surface area contributed by atoms with Gasteiger partial charge in [0.25, 0.3) is 0 Å². The van der Waals surface area contributed by atoms with Crippen LogP contribution in [0.2, 0.25) is 0 Å². The van der Waals surface area contributed by atoms with Gasteiger partial charge >= 0.3 is 5.97 Å². The SMILES string of the molecule is NC1=C(N)C(C(=O)O)OC=C1. The van der Waals surface area contributed by atoms with Gasteiger partial charge in [-0.05, 0) is 6.08 Å². The van der Waals surface area contributed by atoms with E-state index in [2.05, 4.69) is 4.74 Å². The van der Waals surface area contributed by atoms with Crippen molar-refractivity contribution in [2.75, 3.05) is 0 Å². The molecule has 1 rings (SSSR count). The smallest absolute Gasteiger partial charge is 0.351 e. The summed E-state index contributed by atoms with van der Waals surface area (Å²) < 4.78 is 4.68. The number of carbonyl (C=O) groups is 1. The minimum absolute atomic E-state index is 0.0417. The van der Waals surface area contributed by atoms with Crippen LogP contribution < -0.4 is 11.5 Å². The molecule has 0 aromatic carbocycles. The number of ether oxygens (including phenoxy) is 1. The summed E-state index contributed by atoms with van der Waals surface area (Å²) >= 11 is 0. The van der Waals surface area contributed by atoms with Crippen molar-refractivity contribution in [3.05, 3.63) is 23.7 Å². The molecule has 11 heavy (non-hydrogen) atoms. The lowest BCUT2D eigenvalue weighted by Crippen LogP contribution is -2.33. The van der Waals surface area contributed by atoms with Crippen LogP contribution in [0.3, 0.4) is 0 Å². The van der Waals surface area contributed by atoms with Gasteiger partial charge in [0.1, 0.15) is 0 Å². The van der Waals surface area contributed by atoms with E-state index in [1.807, 2.05) is 0 Å². The summed E-state index contributed by atoms with van der Waals surface area (Å²) in [6.07, 6.45) is 1.49. The molecule has 1 heterocycles. The van der Waals surface area contributed by atoms with Crippen molar-refractivity contribution in [3.63, 3.8) is 0 Å². The predicted octanol–water partition coefficient (Wildman–Crippen LogP) is -0.887. The summed E-state index contributed by atoms with van der Waals surface area (Å²) in [7, 11) is 0. The summed E-state index contributed by atoms with van der Waals surface area (Å²) in [5.41, 5.74) is 10.9. The van der Waals surface area contributed by atoms with Crippen LogP contribution in [-0.2, 0) is 9.53 Å². The van der Waals surface area contributed by atoms with Crippen molar-refractivity contribution in [2.24, 2.45) is 11.5 Å². The molecule has 5 nitrogen and oxygen atoms in total. The lowest BCUT2D eigenvalue weighted by Gasteiger charge is -2.17. The highest BCUT2D eigenvalue weighted by atomic mass is 16.5. The number of hydrogen-bond acceptors (Lipinski definition) is 4. The first-order valence-electron chi connectivity index (χ1n) is 2.93. The van der Waals surface area contributed by atoms with Crippen LogP contribution in [0.15, 0.2) is 23.7 Å².